The predicted molar refractivity (Wildman–Crippen MR) is 62.2 cm³/mol. The fourth-order valence-electron chi connectivity index (χ4n) is 1.63. The lowest BCUT2D eigenvalue weighted by atomic mass is 10.0. The minimum atomic E-state index is -0.502. The van der Waals surface area contributed by atoms with Gasteiger partial charge in [-0.3, -0.25) is 0 Å². The molecule has 1 aliphatic heterocycles. The lowest BCUT2D eigenvalue weighted by molar-refractivity contribution is -0.0649. The van der Waals surface area contributed by atoms with Crippen molar-refractivity contribution in [2.45, 2.75) is 46.1 Å². The zero-order valence-corrected chi connectivity index (χ0v) is 10.7. The summed E-state index contributed by atoms with van der Waals surface area (Å²) in [6.45, 7) is 9.34. The van der Waals surface area contributed by atoms with E-state index in [1.165, 1.54) is 0 Å². The van der Waals surface area contributed by atoms with E-state index in [4.69, 9.17) is 10.6 Å². The fraction of sp³-hybridized carbons (Fsp3) is 0.909. The van der Waals surface area contributed by atoms with E-state index in [0.717, 1.165) is 31.0 Å². The highest BCUT2D eigenvalue weighted by Crippen LogP contribution is 2.17. The number of hydrogen-bond acceptors (Lipinski definition) is 4. The molecule has 1 fully saturated rings. The van der Waals surface area contributed by atoms with Gasteiger partial charge in [0.05, 0.1) is 0 Å². The highest BCUT2D eigenvalue weighted by atomic mass is 16.6. The molecule has 1 amide bonds. The molecule has 1 rings (SSSR count). The van der Waals surface area contributed by atoms with Gasteiger partial charge in [0, 0.05) is 13.1 Å². The maximum atomic E-state index is 11.7. The molecule has 0 aromatic rings. The van der Waals surface area contributed by atoms with Crippen molar-refractivity contribution in [3.8, 4) is 0 Å². The molecule has 1 aliphatic rings. The van der Waals surface area contributed by atoms with Gasteiger partial charge in [0.15, 0.2) is 0 Å². The maximum Gasteiger partial charge on any atom is 0.439 e. The first-order chi connectivity index (χ1) is 7.29. The number of rotatable bonds is 1. The summed E-state index contributed by atoms with van der Waals surface area (Å²) in [5, 5.41) is 2.95. The second kappa shape index (κ2) is 5.01. The highest BCUT2D eigenvalue weighted by Gasteiger charge is 2.26. The summed E-state index contributed by atoms with van der Waals surface area (Å²) < 4.78 is 5.20. The number of nitrogens with zero attached hydrogens (tertiary/aromatic N) is 2. The standard InChI is InChI=1S/C11H23N3O2/c1-9-5-7-13(8-6-9)14(12)10(15)16-11(2,3)4/h9H,5-8,12H2,1-4H3. The van der Waals surface area contributed by atoms with E-state index in [1.807, 2.05) is 25.8 Å². The van der Waals surface area contributed by atoms with Crippen molar-refractivity contribution < 1.29 is 9.53 Å². The van der Waals surface area contributed by atoms with Crippen LogP contribution in [0.25, 0.3) is 0 Å². The van der Waals surface area contributed by atoms with Crippen LogP contribution in [0.5, 0.6) is 0 Å². The second-order valence-corrected chi connectivity index (χ2v) is 5.46. The molecule has 94 valence electrons. The highest BCUT2D eigenvalue weighted by molar-refractivity contribution is 5.66. The van der Waals surface area contributed by atoms with E-state index < -0.39 is 11.7 Å². The average Bonchev–Trinajstić information content (AvgIpc) is 2.15. The first-order valence-electron chi connectivity index (χ1n) is 5.82. The Morgan fingerprint density at radius 1 is 1.38 bits per heavy atom. The van der Waals surface area contributed by atoms with E-state index in [0.29, 0.717) is 5.92 Å². The van der Waals surface area contributed by atoms with Gasteiger partial charge in [0.1, 0.15) is 5.60 Å². The van der Waals surface area contributed by atoms with Gasteiger partial charge < -0.3 is 4.74 Å². The van der Waals surface area contributed by atoms with E-state index in [2.05, 4.69) is 6.92 Å². The fourth-order valence-corrected chi connectivity index (χ4v) is 1.63. The van der Waals surface area contributed by atoms with Crippen LogP contribution in [0.1, 0.15) is 40.5 Å². The minimum absolute atomic E-state index is 0.484. The summed E-state index contributed by atoms with van der Waals surface area (Å²) in [6.07, 6.45) is 1.65. The van der Waals surface area contributed by atoms with Crippen LogP contribution < -0.4 is 5.84 Å². The molecule has 0 atom stereocenters. The molecule has 1 saturated heterocycles. The van der Waals surface area contributed by atoms with Gasteiger partial charge in [-0.1, -0.05) is 6.92 Å². The Morgan fingerprint density at radius 3 is 2.31 bits per heavy atom. The maximum absolute atomic E-state index is 11.7. The summed E-state index contributed by atoms with van der Waals surface area (Å²) in [6, 6.07) is 0. The summed E-state index contributed by atoms with van der Waals surface area (Å²) in [5.41, 5.74) is -0.502. The van der Waals surface area contributed by atoms with Crippen molar-refractivity contribution >= 4 is 6.09 Å². The molecule has 16 heavy (non-hydrogen) atoms. The average molecular weight is 229 g/mol. The number of carbonyl (C=O) groups excluding carboxylic acids is 1. The van der Waals surface area contributed by atoms with Crippen LogP contribution in [0, 0.1) is 5.92 Å². The van der Waals surface area contributed by atoms with E-state index in [9.17, 15) is 4.79 Å². The van der Waals surface area contributed by atoms with Crippen LogP contribution in [0.15, 0.2) is 0 Å². The zero-order chi connectivity index (χ0) is 12.3. The van der Waals surface area contributed by atoms with Gasteiger partial charge in [0.25, 0.3) is 0 Å². The van der Waals surface area contributed by atoms with Crippen LogP contribution >= 0.6 is 0 Å². The molecule has 0 aliphatic carbocycles. The molecule has 1 heterocycles. The van der Waals surface area contributed by atoms with Gasteiger partial charge in [-0.2, -0.15) is 5.12 Å². The molecule has 0 bridgehead atoms. The van der Waals surface area contributed by atoms with E-state index in [-0.39, 0.29) is 0 Å². The molecule has 2 N–H and O–H groups in total. The minimum Gasteiger partial charge on any atom is -0.442 e. The summed E-state index contributed by atoms with van der Waals surface area (Å²) in [4.78, 5) is 11.7. The quantitative estimate of drug-likeness (QED) is 0.423. The zero-order valence-electron chi connectivity index (χ0n) is 10.7. The van der Waals surface area contributed by atoms with Crippen molar-refractivity contribution in [3.63, 3.8) is 0 Å². The van der Waals surface area contributed by atoms with Crippen molar-refractivity contribution in [2.24, 2.45) is 11.8 Å². The van der Waals surface area contributed by atoms with Gasteiger partial charge in [-0.25, -0.2) is 15.6 Å². The molecule has 0 spiro atoms. The van der Waals surface area contributed by atoms with Crippen LogP contribution in [0.3, 0.4) is 0 Å². The lowest BCUT2D eigenvalue weighted by Crippen LogP contribution is -2.55. The number of amides is 1. The SMILES string of the molecule is CC1CCN(N(N)C(=O)OC(C)(C)C)CC1. The molecule has 0 saturated carbocycles. The summed E-state index contributed by atoms with van der Waals surface area (Å²) >= 11 is 0. The molecule has 0 aromatic carbocycles. The number of carbonyl (C=O) groups is 1. The van der Waals surface area contributed by atoms with E-state index >= 15 is 0 Å². The monoisotopic (exact) mass is 229 g/mol. The first-order valence-corrected chi connectivity index (χ1v) is 5.82. The second-order valence-electron chi connectivity index (χ2n) is 5.46. The topological polar surface area (TPSA) is 58.8 Å². The van der Waals surface area contributed by atoms with Crippen LogP contribution in [-0.4, -0.2) is 34.9 Å². The number of piperidine rings is 1. The third-order valence-electron chi connectivity index (χ3n) is 2.65. The van der Waals surface area contributed by atoms with Crippen molar-refractivity contribution in [3.05, 3.63) is 0 Å². The largest absolute Gasteiger partial charge is 0.442 e. The Balaban J connectivity index is 2.45. The van der Waals surface area contributed by atoms with Crippen molar-refractivity contribution in [1.82, 2.24) is 10.1 Å². The Bertz CT molecular complexity index is 242. The van der Waals surface area contributed by atoms with Crippen molar-refractivity contribution in [1.29, 1.82) is 0 Å². The summed E-state index contributed by atoms with van der Waals surface area (Å²) in [7, 11) is 0. The molecule has 5 nitrogen and oxygen atoms in total. The van der Waals surface area contributed by atoms with Gasteiger partial charge >= 0.3 is 6.09 Å². The number of ether oxygens (including phenoxy) is 1. The molecular weight excluding hydrogens is 206 g/mol. The molecule has 5 heteroatoms. The van der Waals surface area contributed by atoms with Crippen molar-refractivity contribution in [2.75, 3.05) is 13.1 Å². The van der Waals surface area contributed by atoms with Crippen LogP contribution in [-0.2, 0) is 4.74 Å². The van der Waals surface area contributed by atoms with Gasteiger partial charge in [0.2, 0.25) is 0 Å². The molecule has 0 unspecified atom stereocenters. The lowest BCUT2D eigenvalue weighted by Gasteiger charge is -2.36. The molecular formula is C11H23N3O2. The predicted octanol–water partition coefficient (Wildman–Crippen LogP) is 1.74. The number of hydrazine groups is 2. The smallest absolute Gasteiger partial charge is 0.439 e. The third-order valence-corrected chi connectivity index (χ3v) is 2.65. The number of hydrogen-bond donors (Lipinski definition) is 1. The Hall–Kier alpha value is -0.810. The molecule has 0 radical (unpaired) electrons. The van der Waals surface area contributed by atoms with E-state index in [1.54, 1.807) is 0 Å². The normalized spacial score (nSPS) is 19.6. The van der Waals surface area contributed by atoms with Crippen LogP contribution in [0.2, 0.25) is 0 Å². The van der Waals surface area contributed by atoms with Gasteiger partial charge in [-0.05, 0) is 39.5 Å². The third kappa shape index (κ3) is 3.98. The Morgan fingerprint density at radius 2 is 1.88 bits per heavy atom. The first kappa shape index (κ1) is 13.3. The van der Waals surface area contributed by atoms with Crippen LogP contribution in [0.4, 0.5) is 4.79 Å². The molecule has 0 aromatic heterocycles. The van der Waals surface area contributed by atoms with Gasteiger partial charge in [-0.15, -0.1) is 0 Å². The Kier molecular flexibility index (Phi) is 4.15. The summed E-state index contributed by atoms with van der Waals surface area (Å²) in [5.74, 6) is 6.44. The number of nitrogens with two attached hydrogens (primary N) is 1. The Labute approximate surface area is 97.5 Å².